The minimum atomic E-state index is -0.457. The largest absolute Gasteiger partial charge is 0.508 e. The third-order valence-corrected chi connectivity index (χ3v) is 3.19. The third kappa shape index (κ3) is 2.52. The first-order valence-electron chi connectivity index (χ1n) is 6.47. The van der Waals surface area contributed by atoms with Crippen molar-refractivity contribution in [3.05, 3.63) is 59.2 Å². The average Bonchev–Trinajstić information content (AvgIpc) is 2.37. The van der Waals surface area contributed by atoms with Crippen molar-refractivity contribution in [2.24, 2.45) is 0 Å². The Morgan fingerprint density at radius 2 is 1.55 bits per heavy atom. The SMILES string of the molecule is CC(C)(C)c1c(O)ccc(C(=O)c2ccccc2)c1O. The van der Waals surface area contributed by atoms with Gasteiger partial charge in [0, 0.05) is 11.1 Å². The Hall–Kier alpha value is -2.29. The molecule has 3 nitrogen and oxygen atoms in total. The maximum atomic E-state index is 12.4. The summed E-state index contributed by atoms with van der Waals surface area (Å²) in [5.41, 5.74) is 0.646. The number of hydrogen-bond acceptors (Lipinski definition) is 3. The molecule has 2 N–H and O–H groups in total. The maximum absolute atomic E-state index is 12.4. The van der Waals surface area contributed by atoms with Crippen LogP contribution in [0.5, 0.6) is 11.5 Å². The molecular formula is C17H18O3. The monoisotopic (exact) mass is 270 g/mol. The summed E-state index contributed by atoms with van der Waals surface area (Å²) in [6.07, 6.45) is 0. The highest BCUT2D eigenvalue weighted by Crippen LogP contribution is 2.40. The van der Waals surface area contributed by atoms with Gasteiger partial charge in [-0.05, 0) is 17.5 Å². The summed E-state index contributed by atoms with van der Waals surface area (Å²) in [4.78, 5) is 12.4. The number of ketones is 1. The Morgan fingerprint density at radius 3 is 2.10 bits per heavy atom. The number of phenolic OH excluding ortho intramolecular Hbond substituents is 2. The zero-order valence-corrected chi connectivity index (χ0v) is 11.8. The number of carbonyl (C=O) groups is 1. The Bertz CT molecular complexity index is 637. The van der Waals surface area contributed by atoms with Gasteiger partial charge in [0.05, 0.1) is 5.56 Å². The Kier molecular flexibility index (Phi) is 3.53. The van der Waals surface area contributed by atoms with Crippen molar-refractivity contribution >= 4 is 5.78 Å². The van der Waals surface area contributed by atoms with Crippen LogP contribution in [0.25, 0.3) is 0 Å². The van der Waals surface area contributed by atoms with Crippen LogP contribution in [0.4, 0.5) is 0 Å². The number of hydrogen-bond donors (Lipinski definition) is 2. The summed E-state index contributed by atoms with van der Waals surface area (Å²) in [6.45, 7) is 5.62. The van der Waals surface area contributed by atoms with Crippen molar-refractivity contribution in [3.63, 3.8) is 0 Å². The molecule has 0 aromatic heterocycles. The van der Waals surface area contributed by atoms with Crippen LogP contribution in [0.3, 0.4) is 0 Å². The second-order valence-corrected chi connectivity index (χ2v) is 5.80. The minimum Gasteiger partial charge on any atom is -0.508 e. The number of carbonyl (C=O) groups excluding carboxylic acids is 1. The summed E-state index contributed by atoms with van der Waals surface area (Å²) in [6, 6.07) is 11.7. The lowest BCUT2D eigenvalue weighted by molar-refractivity contribution is 0.103. The van der Waals surface area contributed by atoms with E-state index in [2.05, 4.69) is 0 Å². The predicted molar refractivity (Wildman–Crippen MR) is 78.3 cm³/mol. The zero-order chi connectivity index (χ0) is 14.9. The Labute approximate surface area is 118 Å². The summed E-state index contributed by atoms with van der Waals surface area (Å²) >= 11 is 0. The van der Waals surface area contributed by atoms with E-state index in [0.717, 1.165) is 0 Å². The number of rotatable bonds is 2. The van der Waals surface area contributed by atoms with E-state index in [1.165, 1.54) is 12.1 Å². The molecule has 2 aromatic carbocycles. The van der Waals surface area contributed by atoms with Gasteiger partial charge in [-0.1, -0.05) is 51.1 Å². The first-order valence-corrected chi connectivity index (χ1v) is 6.47. The van der Waals surface area contributed by atoms with E-state index in [9.17, 15) is 15.0 Å². The van der Waals surface area contributed by atoms with Crippen LogP contribution < -0.4 is 0 Å². The van der Waals surface area contributed by atoms with Gasteiger partial charge < -0.3 is 10.2 Å². The zero-order valence-electron chi connectivity index (χ0n) is 11.8. The lowest BCUT2D eigenvalue weighted by Gasteiger charge is -2.22. The molecule has 0 atom stereocenters. The van der Waals surface area contributed by atoms with Crippen molar-refractivity contribution in [2.75, 3.05) is 0 Å². The fourth-order valence-electron chi connectivity index (χ4n) is 2.25. The van der Waals surface area contributed by atoms with Gasteiger partial charge in [-0.3, -0.25) is 4.79 Å². The van der Waals surface area contributed by atoms with Crippen LogP contribution in [0.2, 0.25) is 0 Å². The van der Waals surface area contributed by atoms with Crippen molar-refractivity contribution in [2.45, 2.75) is 26.2 Å². The number of benzene rings is 2. The fraction of sp³-hybridized carbons (Fsp3) is 0.235. The van der Waals surface area contributed by atoms with E-state index in [1.54, 1.807) is 24.3 Å². The molecule has 0 aliphatic heterocycles. The van der Waals surface area contributed by atoms with Gasteiger partial charge >= 0.3 is 0 Å². The second-order valence-electron chi connectivity index (χ2n) is 5.80. The van der Waals surface area contributed by atoms with Gasteiger partial charge in [0.15, 0.2) is 5.78 Å². The van der Waals surface area contributed by atoms with Crippen LogP contribution >= 0.6 is 0 Å². The van der Waals surface area contributed by atoms with Gasteiger partial charge in [0.25, 0.3) is 0 Å². The van der Waals surface area contributed by atoms with Crippen molar-refractivity contribution < 1.29 is 15.0 Å². The highest BCUT2D eigenvalue weighted by Gasteiger charge is 2.26. The van der Waals surface area contributed by atoms with E-state index in [4.69, 9.17) is 0 Å². The normalized spacial score (nSPS) is 11.3. The molecule has 0 aliphatic carbocycles. The summed E-state index contributed by atoms with van der Waals surface area (Å²) in [5.74, 6) is -0.403. The average molecular weight is 270 g/mol. The molecule has 0 bridgehead atoms. The second kappa shape index (κ2) is 5.00. The minimum absolute atomic E-state index is 0.000360. The molecule has 104 valence electrons. The molecule has 3 heteroatoms. The van der Waals surface area contributed by atoms with Crippen molar-refractivity contribution in [1.29, 1.82) is 0 Å². The molecule has 0 spiro atoms. The van der Waals surface area contributed by atoms with Gasteiger partial charge in [-0.15, -0.1) is 0 Å². The lowest BCUT2D eigenvalue weighted by Crippen LogP contribution is -2.14. The van der Waals surface area contributed by atoms with Crippen molar-refractivity contribution in [3.8, 4) is 11.5 Å². The molecule has 20 heavy (non-hydrogen) atoms. The molecular weight excluding hydrogens is 252 g/mol. The van der Waals surface area contributed by atoms with Gasteiger partial charge in [0.2, 0.25) is 0 Å². The number of phenols is 2. The lowest BCUT2D eigenvalue weighted by atomic mass is 9.83. The predicted octanol–water partition coefficient (Wildman–Crippen LogP) is 3.63. The molecule has 0 amide bonds. The van der Waals surface area contributed by atoms with E-state index >= 15 is 0 Å². The van der Waals surface area contributed by atoms with E-state index in [-0.39, 0.29) is 22.8 Å². The van der Waals surface area contributed by atoms with Crippen LogP contribution in [0.1, 0.15) is 42.3 Å². The highest BCUT2D eigenvalue weighted by molar-refractivity contribution is 6.11. The summed E-state index contributed by atoms with van der Waals surface area (Å²) in [5, 5.41) is 20.3. The maximum Gasteiger partial charge on any atom is 0.196 e. The van der Waals surface area contributed by atoms with Gasteiger partial charge in [-0.2, -0.15) is 0 Å². The van der Waals surface area contributed by atoms with Crippen molar-refractivity contribution in [1.82, 2.24) is 0 Å². The van der Waals surface area contributed by atoms with Crippen LogP contribution in [0.15, 0.2) is 42.5 Å². The first kappa shape index (κ1) is 14.1. The molecule has 0 saturated heterocycles. The molecule has 0 heterocycles. The molecule has 0 unspecified atom stereocenters. The smallest absolute Gasteiger partial charge is 0.196 e. The van der Waals surface area contributed by atoms with E-state index in [1.807, 2.05) is 26.8 Å². The quantitative estimate of drug-likeness (QED) is 0.819. The topological polar surface area (TPSA) is 57.5 Å². The van der Waals surface area contributed by atoms with Gasteiger partial charge in [-0.25, -0.2) is 0 Å². The molecule has 2 aromatic rings. The molecule has 0 radical (unpaired) electrons. The van der Waals surface area contributed by atoms with E-state index in [0.29, 0.717) is 11.1 Å². The highest BCUT2D eigenvalue weighted by atomic mass is 16.3. The van der Waals surface area contributed by atoms with Gasteiger partial charge in [0.1, 0.15) is 11.5 Å². The Balaban J connectivity index is 2.58. The summed E-state index contributed by atoms with van der Waals surface area (Å²) < 4.78 is 0. The molecule has 2 rings (SSSR count). The summed E-state index contributed by atoms with van der Waals surface area (Å²) in [7, 11) is 0. The molecule has 0 saturated carbocycles. The molecule has 0 aliphatic rings. The van der Waals surface area contributed by atoms with Crippen LogP contribution in [-0.4, -0.2) is 16.0 Å². The first-order chi connectivity index (χ1) is 9.32. The van der Waals surface area contributed by atoms with Crippen LogP contribution in [-0.2, 0) is 5.41 Å². The Morgan fingerprint density at radius 1 is 0.950 bits per heavy atom. The van der Waals surface area contributed by atoms with E-state index < -0.39 is 5.41 Å². The van der Waals surface area contributed by atoms with Crippen LogP contribution in [0, 0.1) is 0 Å². The fourth-order valence-corrected chi connectivity index (χ4v) is 2.25. The third-order valence-electron chi connectivity index (χ3n) is 3.19. The number of aromatic hydroxyl groups is 2. The molecule has 0 fully saturated rings. The standard InChI is InChI=1S/C17H18O3/c1-17(2,3)14-13(18)10-9-12(16(14)20)15(19)11-7-5-4-6-8-11/h4-10,18,20H,1-3H3.